The lowest BCUT2D eigenvalue weighted by Gasteiger charge is -2.21. The van der Waals surface area contributed by atoms with Gasteiger partial charge in [0.05, 0.1) is 15.5 Å². The van der Waals surface area contributed by atoms with Crippen LogP contribution in [0.3, 0.4) is 0 Å². The first-order valence-electron chi connectivity index (χ1n) is 11.7. The molecule has 36 heavy (non-hydrogen) atoms. The molecule has 0 aliphatic rings. The van der Waals surface area contributed by atoms with Gasteiger partial charge in [-0.1, -0.05) is 62.2 Å². The lowest BCUT2D eigenvalue weighted by Crippen LogP contribution is -2.23. The number of nitrogens with one attached hydrogen (secondary N) is 2. The molecular formula is C27H30ClFN2O4S. The Balaban J connectivity index is 1.80. The van der Waals surface area contributed by atoms with Gasteiger partial charge in [-0.05, 0) is 59.9 Å². The van der Waals surface area contributed by atoms with Crippen LogP contribution in [0.1, 0.15) is 54.1 Å². The number of sulfonamides is 1. The molecule has 0 saturated carbocycles. The predicted molar refractivity (Wildman–Crippen MR) is 141 cm³/mol. The first-order chi connectivity index (χ1) is 17.1. The molecule has 0 aromatic heterocycles. The fourth-order valence-corrected chi connectivity index (χ4v) is 5.10. The molecule has 0 fully saturated rings. The fraction of sp³-hybridized carbons (Fsp3) is 0.296. The molecule has 0 aliphatic carbocycles. The van der Waals surface area contributed by atoms with Crippen molar-refractivity contribution in [1.82, 2.24) is 4.72 Å². The van der Waals surface area contributed by atoms with Crippen molar-refractivity contribution >= 4 is 33.3 Å². The summed E-state index contributed by atoms with van der Waals surface area (Å²) in [6.45, 7) is 4.66. The highest BCUT2D eigenvalue weighted by Crippen LogP contribution is 2.27. The minimum atomic E-state index is -3.84. The average Bonchev–Trinajstić information content (AvgIpc) is 2.85. The van der Waals surface area contributed by atoms with Gasteiger partial charge in [0.15, 0.2) is 0 Å². The summed E-state index contributed by atoms with van der Waals surface area (Å²) in [5, 5.41) is 12.6. The molecule has 192 valence electrons. The minimum absolute atomic E-state index is 0.0309. The molecule has 0 spiro atoms. The Bertz CT molecular complexity index is 1310. The maximum absolute atomic E-state index is 13.4. The van der Waals surface area contributed by atoms with Gasteiger partial charge in [-0.25, -0.2) is 22.3 Å². The zero-order valence-corrected chi connectivity index (χ0v) is 21.7. The Morgan fingerprint density at radius 2 is 1.78 bits per heavy atom. The smallest absolute Gasteiger partial charge is 0.337 e. The van der Waals surface area contributed by atoms with E-state index in [1.807, 2.05) is 6.07 Å². The maximum atomic E-state index is 13.4. The van der Waals surface area contributed by atoms with E-state index in [4.69, 9.17) is 11.6 Å². The number of carbonyl (C=O) groups is 1. The number of carboxylic acid groups (broad SMARTS) is 1. The van der Waals surface area contributed by atoms with Crippen LogP contribution in [-0.2, 0) is 16.6 Å². The van der Waals surface area contributed by atoms with Crippen molar-refractivity contribution in [2.75, 3.05) is 11.9 Å². The molecule has 3 rings (SSSR count). The van der Waals surface area contributed by atoms with Gasteiger partial charge in [0, 0.05) is 24.7 Å². The highest BCUT2D eigenvalue weighted by molar-refractivity contribution is 7.89. The second-order valence-corrected chi connectivity index (χ2v) is 11.2. The van der Waals surface area contributed by atoms with Crippen molar-refractivity contribution in [2.24, 2.45) is 5.92 Å². The van der Waals surface area contributed by atoms with Crippen molar-refractivity contribution in [3.8, 4) is 0 Å². The normalized spacial score (nSPS) is 12.5. The topological polar surface area (TPSA) is 95.5 Å². The second kappa shape index (κ2) is 12.3. The van der Waals surface area contributed by atoms with Crippen molar-refractivity contribution in [3.63, 3.8) is 0 Å². The summed E-state index contributed by atoms with van der Waals surface area (Å²) in [4.78, 5) is 11.7. The Morgan fingerprint density at radius 1 is 1.03 bits per heavy atom. The van der Waals surface area contributed by atoms with E-state index >= 15 is 0 Å². The van der Waals surface area contributed by atoms with Crippen LogP contribution in [0.15, 0.2) is 71.6 Å². The minimum Gasteiger partial charge on any atom is -0.478 e. The van der Waals surface area contributed by atoms with Crippen LogP contribution in [0.2, 0.25) is 5.02 Å². The zero-order chi connectivity index (χ0) is 26.3. The predicted octanol–water partition coefficient (Wildman–Crippen LogP) is 6.29. The highest BCUT2D eigenvalue weighted by atomic mass is 35.5. The largest absolute Gasteiger partial charge is 0.478 e. The number of anilines is 1. The number of carboxylic acids is 1. The van der Waals surface area contributed by atoms with E-state index < -0.39 is 21.8 Å². The van der Waals surface area contributed by atoms with E-state index in [0.717, 1.165) is 18.4 Å². The summed E-state index contributed by atoms with van der Waals surface area (Å²) in [7, 11) is -3.84. The van der Waals surface area contributed by atoms with Crippen LogP contribution < -0.4 is 10.0 Å². The third-order valence-electron chi connectivity index (χ3n) is 5.88. The third-order valence-corrected chi connectivity index (χ3v) is 7.57. The van der Waals surface area contributed by atoms with Gasteiger partial charge in [-0.2, -0.15) is 0 Å². The monoisotopic (exact) mass is 532 g/mol. The first kappa shape index (κ1) is 27.6. The summed E-state index contributed by atoms with van der Waals surface area (Å²) < 4.78 is 41.9. The molecule has 3 aromatic carbocycles. The van der Waals surface area contributed by atoms with Crippen LogP contribution in [0.4, 0.5) is 10.1 Å². The molecule has 9 heteroatoms. The Hall–Kier alpha value is -2.94. The summed E-state index contributed by atoms with van der Waals surface area (Å²) in [6.07, 6.45) is 1.72. The SMILES string of the molecule is CC(C)CCC(CNc1ccccc1C(=O)O)c1cccc(S(=O)(=O)NCc2ccc(F)c(Cl)c2)c1. The molecule has 0 amide bonds. The Labute approximate surface area is 216 Å². The van der Waals surface area contributed by atoms with Crippen molar-refractivity contribution < 1.29 is 22.7 Å². The number of rotatable bonds is 12. The number of halogens is 2. The van der Waals surface area contributed by atoms with E-state index in [2.05, 4.69) is 23.9 Å². The average molecular weight is 533 g/mol. The highest BCUT2D eigenvalue weighted by Gasteiger charge is 2.19. The van der Waals surface area contributed by atoms with Gasteiger partial charge in [-0.3, -0.25) is 0 Å². The number of hydrogen-bond acceptors (Lipinski definition) is 4. The summed E-state index contributed by atoms with van der Waals surface area (Å²) in [6, 6.07) is 17.5. The third kappa shape index (κ3) is 7.53. The summed E-state index contributed by atoms with van der Waals surface area (Å²) >= 11 is 5.80. The van der Waals surface area contributed by atoms with Crippen molar-refractivity contribution in [3.05, 3.63) is 94.3 Å². The Kier molecular flexibility index (Phi) is 9.48. The quantitative estimate of drug-likeness (QED) is 0.255. The maximum Gasteiger partial charge on any atom is 0.337 e. The number of para-hydroxylation sites is 1. The van der Waals surface area contributed by atoms with E-state index in [1.165, 1.54) is 24.3 Å². The zero-order valence-electron chi connectivity index (χ0n) is 20.2. The Morgan fingerprint density at radius 3 is 2.47 bits per heavy atom. The van der Waals surface area contributed by atoms with Gasteiger partial charge in [-0.15, -0.1) is 0 Å². The van der Waals surface area contributed by atoms with E-state index in [-0.39, 0.29) is 27.9 Å². The van der Waals surface area contributed by atoms with Crippen LogP contribution in [0.25, 0.3) is 0 Å². The molecule has 0 heterocycles. The summed E-state index contributed by atoms with van der Waals surface area (Å²) in [5.74, 6) is -1.17. The molecule has 3 N–H and O–H groups in total. The van der Waals surface area contributed by atoms with Gasteiger partial charge in [0.25, 0.3) is 0 Å². The molecule has 6 nitrogen and oxygen atoms in total. The van der Waals surface area contributed by atoms with E-state index in [0.29, 0.717) is 23.7 Å². The number of benzene rings is 3. The lowest BCUT2D eigenvalue weighted by molar-refractivity contribution is 0.0698. The van der Waals surface area contributed by atoms with Crippen LogP contribution >= 0.6 is 11.6 Å². The van der Waals surface area contributed by atoms with E-state index in [1.54, 1.807) is 36.4 Å². The first-order valence-corrected chi connectivity index (χ1v) is 13.5. The second-order valence-electron chi connectivity index (χ2n) is 9.05. The van der Waals surface area contributed by atoms with Crippen molar-refractivity contribution in [2.45, 2.75) is 44.0 Å². The molecule has 0 radical (unpaired) electrons. The van der Waals surface area contributed by atoms with Gasteiger partial charge in [0.1, 0.15) is 5.82 Å². The summed E-state index contributed by atoms with van der Waals surface area (Å²) in [5.41, 5.74) is 2.07. The number of aromatic carboxylic acids is 1. The molecular weight excluding hydrogens is 503 g/mol. The fourth-order valence-electron chi connectivity index (χ4n) is 3.82. The number of hydrogen-bond donors (Lipinski definition) is 3. The van der Waals surface area contributed by atoms with Crippen LogP contribution in [-0.4, -0.2) is 26.0 Å². The van der Waals surface area contributed by atoms with Gasteiger partial charge >= 0.3 is 5.97 Å². The molecule has 0 aliphatic heterocycles. The standard InChI is InChI=1S/C27H30ClFN2O4S/c1-18(2)10-12-21(17-30-26-9-4-3-8-23(26)27(32)33)20-6-5-7-22(15-20)36(34,35)31-16-19-11-13-25(29)24(28)14-19/h3-9,11,13-15,18,21,30-31H,10,12,16-17H2,1-2H3,(H,32,33). The van der Waals surface area contributed by atoms with Crippen LogP contribution in [0, 0.1) is 11.7 Å². The molecule has 1 unspecified atom stereocenters. The van der Waals surface area contributed by atoms with Crippen molar-refractivity contribution in [1.29, 1.82) is 0 Å². The molecule has 0 saturated heterocycles. The molecule has 0 bridgehead atoms. The molecule has 3 aromatic rings. The van der Waals surface area contributed by atoms with E-state index in [9.17, 15) is 22.7 Å². The van der Waals surface area contributed by atoms with Gasteiger partial charge in [0.2, 0.25) is 10.0 Å². The lowest BCUT2D eigenvalue weighted by atomic mass is 9.91. The van der Waals surface area contributed by atoms with Gasteiger partial charge < -0.3 is 10.4 Å². The molecule has 1 atom stereocenters. The van der Waals surface area contributed by atoms with Crippen LogP contribution in [0.5, 0.6) is 0 Å².